The summed E-state index contributed by atoms with van der Waals surface area (Å²) in [6, 6.07) is 14.5. The van der Waals surface area contributed by atoms with Gasteiger partial charge in [0.2, 0.25) is 0 Å². The fourth-order valence-electron chi connectivity index (χ4n) is 5.48. The molecular formula is C30H39NO5. The number of piperidine rings is 1. The van der Waals surface area contributed by atoms with E-state index in [1.807, 2.05) is 12.1 Å². The maximum absolute atomic E-state index is 12.9. The van der Waals surface area contributed by atoms with Crippen molar-refractivity contribution >= 4 is 11.9 Å². The molecule has 2 aromatic rings. The van der Waals surface area contributed by atoms with Crippen molar-refractivity contribution < 1.29 is 23.8 Å². The zero-order valence-corrected chi connectivity index (χ0v) is 21.8. The number of carbonyl (C=O) groups excluding carboxylic acids is 2. The van der Waals surface area contributed by atoms with E-state index in [2.05, 4.69) is 24.8 Å². The number of ether oxygens (including phenoxy) is 3. The number of hydrogen-bond acceptors (Lipinski definition) is 6. The molecule has 6 nitrogen and oxygen atoms in total. The lowest BCUT2D eigenvalue weighted by atomic mass is 9.68. The van der Waals surface area contributed by atoms with Crippen LogP contribution in [0.5, 0.6) is 11.5 Å². The number of para-hydroxylation sites is 1. The average molecular weight is 494 g/mol. The van der Waals surface area contributed by atoms with Crippen molar-refractivity contribution in [3.8, 4) is 11.5 Å². The molecular weight excluding hydrogens is 454 g/mol. The molecule has 0 aliphatic carbocycles. The van der Waals surface area contributed by atoms with Crippen molar-refractivity contribution in [3.63, 3.8) is 0 Å². The molecule has 0 aromatic heterocycles. The molecule has 2 heterocycles. The smallest absolute Gasteiger partial charge is 0.347 e. The molecule has 2 aliphatic heterocycles. The van der Waals surface area contributed by atoms with Gasteiger partial charge in [0.1, 0.15) is 17.1 Å². The summed E-state index contributed by atoms with van der Waals surface area (Å²) in [6.07, 6.45) is 7.59. The van der Waals surface area contributed by atoms with Gasteiger partial charge in [0.05, 0.1) is 6.10 Å². The summed E-state index contributed by atoms with van der Waals surface area (Å²) in [5.74, 6) is 0.146. The normalized spacial score (nSPS) is 24.8. The lowest BCUT2D eigenvalue weighted by Gasteiger charge is -2.45. The molecule has 0 amide bonds. The minimum absolute atomic E-state index is 0.00104. The minimum atomic E-state index is -0.543. The van der Waals surface area contributed by atoms with Gasteiger partial charge in [-0.1, -0.05) is 38.1 Å². The van der Waals surface area contributed by atoms with Crippen LogP contribution in [-0.2, 0) is 14.9 Å². The Kier molecular flexibility index (Phi) is 8.81. The van der Waals surface area contributed by atoms with Crippen LogP contribution in [0.1, 0.15) is 75.2 Å². The van der Waals surface area contributed by atoms with Gasteiger partial charge >= 0.3 is 11.9 Å². The first-order valence-corrected chi connectivity index (χ1v) is 13.3. The first-order chi connectivity index (χ1) is 17.3. The molecule has 2 aromatic carbocycles. The van der Waals surface area contributed by atoms with Crippen LogP contribution in [0.25, 0.3) is 0 Å². The van der Waals surface area contributed by atoms with Gasteiger partial charge in [-0.25, -0.2) is 4.79 Å². The van der Waals surface area contributed by atoms with Gasteiger partial charge < -0.3 is 19.1 Å². The van der Waals surface area contributed by atoms with Crippen molar-refractivity contribution in [3.05, 3.63) is 59.7 Å². The second-order valence-corrected chi connectivity index (χ2v) is 10.5. The van der Waals surface area contributed by atoms with Crippen LogP contribution >= 0.6 is 0 Å². The predicted octanol–water partition coefficient (Wildman–Crippen LogP) is 5.78. The summed E-state index contributed by atoms with van der Waals surface area (Å²) in [6.45, 7) is 10.1. The topological polar surface area (TPSA) is 65.1 Å². The SMILES string of the molecule is CC(=O)Oc1ccccc1C(=O)Oc1cccc([C@@]2(C)CCN(CCCC3CCCCO3)C[C@@H]2C)c1. The predicted molar refractivity (Wildman–Crippen MR) is 140 cm³/mol. The van der Waals surface area contributed by atoms with Crippen LogP contribution in [0, 0.1) is 5.92 Å². The van der Waals surface area contributed by atoms with Crippen LogP contribution in [0.15, 0.2) is 48.5 Å². The molecule has 36 heavy (non-hydrogen) atoms. The summed E-state index contributed by atoms with van der Waals surface area (Å²) < 4.78 is 16.8. The maximum Gasteiger partial charge on any atom is 0.347 e. The standard InChI is InChI=1S/C30H39NO5/c1-22-21-31(17-9-13-25-11-6-7-19-34-25)18-16-30(22,3)24-10-8-12-26(20-24)36-29(33)27-14-4-5-15-28(27)35-23(2)32/h4-5,8,10,12,14-15,20,22,25H,6-7,9,11,13,16-19,21H2,1-3H3/t22-,25?,30-/m0/s1. The van der Waals surface area contributed by atoms with Gasteiger partial charge in [0.15, 0.2) is 0 Å². The number of likely N-dealkylation sites (tertiary alicyclic amines) is 1. The highest BCUT2D eigenvalue weighted by Crippen LogP contribution is 2.40. The van der Waals surface area contributed by atoms with Gasteiger partial charge in [-0.05, 0) is 92.8 Å². The van der Waals surface area contributed by atoms with E-state index in [0.29, 0.717) is 17.8 Å². The van der Waals surface area contributed by atoms with Crippen LogP contribution < -0.4 is 9.47 Å². The van der Waals surface area contributed by atoms with Crippen molar-refractivity contribution in [2.75, 3.05) is 26.2 Å². The van der Waals surface area contributed by atoms with E-state index < -0.39 is 11.9 Å². The van der Waals surface area contributed by atoms with Gasteiger partial charge in [-0.3, -0.25) is 4.79 Å². The number of rotatable bonds is 8. The number of hydrogen-bond donors (Lipinski definition) is 0. The maximum atomic E-state index is 12.9. The van der Waals surface area contributed by atoms with Crippen molar-refractivity contribution in [2.24, 2.45) is 5.92 Å². The Hall–Kier alpha value is -2.70. The highest BCUT2D eigenvalue weighted by atomic mass is 16.5. The highest BCUT2D eigenvalue weighted by molar-refractivity contribution is 5.94. The summed E-state index contributed by atoms with van der Waals surface area (Å²) in [5.41, 5.74) is 1.41. The molecule has 0 radical (unpaired) electrons. The van der Waals surface area contributed by atoms with Crippen molar-refractivity contribution in [2.45, 2.75) is 70.8 Å². The van der Waals surface area contributed by atoms with E-state index in [1.54, 1.807) is 30.3 Å². The third kappa shape index (κ3) is 6.54. The van der Waals surface area contributed by atoms with Crippen molar-refractivity contribution in [1.82, 2.24) is 4.90 Å². The molecule has 4 rings (SSSR count). The Morgan fingerprint density at radius 3 is 2.69 bits per heavy atom. The molecule has 6 heteroatoms. The Morgan fingerprint density at radius 2 is 1.94 bits per heavy atom. The zero-order valence-electron chi connectivity index (χ0n) is 21.8. The first kappa shape index (κ1) is 26.4. The minimum Gasteiger partial charge on any atom is -0.426 e. The summed E-state index contributed by atoms with van der Waals surface area (Å²) >= 11 is 0. The van der Waals surface area contributed by atoms with E-state index in [0.717, 1.165) is 39.1 Å². The van der Waals surface area contributed by atoms with Crippen LogP contribution in [0.2, 0.25) is 0 Å². The Bertz CT molecular complexity index is 1050. The zero-order chi connectivity index (χ0) is 25.5. The molecule has 0 bridgehead atoms. The summed E-state index contributed by atoms with van der Waals surface area (Å²) in [7, 11) is 0. The lowest BCUT2D eigenvalue weighted by Crippen LogP contribution is -2.47. The molecule has 0 spiro atoms. The molecule has 0 N–H and O–H groups in total. The van der Waals surface area contributed by atoms with Crippen LogP contribution in [0.4, 0.5) is 0 Å². The van der Waals surface area contributed by atoms with E-state index in [4.69, 9.17) is 14.2 Å². The van der Waals surface area contributed by atoms with E-state index in [-0.39, 0.29) is 16.7 Å². The highest BCUT2D eigenvalue weighted by Gasteiger charge is 2.38. The first-order valence-electron chi connectivity index (χ1n) is 13.3. The second-order valence-electron chi connectivity index (χ2n) is 10.5. The summed E-state index contributed by atoms with van der Waals surface area (Å²) in [4.78, 5) is 26.9. The number of benzene rings is 2. The third-order valence-corrected chi connectivity index (χ3v) is 7.91. The fourth-order valence-corrected chi connectivity index (χ4v) is 5.48. The van der Waals surface area contributed by atoms with E-state index in [9.17, 15) is 9.59 Å². The molecule has 2 aliphatic rings. The van der Waals surface area contributed by atoms with Crippen LogP contribution in [-0.4, -0.2) is 49.2 Å². The monoisotopic (exact) mass is 493 g/mol. The van der Waals surface area contributed by atoms with Crippen LogP contribution in [0.3, 0.4) is 0 Å². The molecule has 194 valence electrons. The second kappa shape index (κ2) is 12.0. The van der Waals surface area contributed by atoms with E-state index in [1.165, 1.54) is 38.2 Å². The summed E-state index contributed by atoms with van der Waals surface area (Å²) in [5, 5.41) is 0. The lowest BCUT2D eigenvalue weighted by molar-refractivity contribution is -0.131. The molecule has 3 atom stereocenters. The molecule has 0 saturated carbocycles. The molecule has 2 fully saturated rings. The van der Waals surface area contributed by atoms with Gasteiger partial charge in [0.25, 0.3) is 0 Å². The van der Waals surface area contributed by atoms with Gasteiger partial charge in [-0.2, -0.15) is 0 Å². The van der Waals surface area contributed by atoms with Gasteiger partial charge in [0, 0.05) is 20.1 Å². The largest absolute Gasteiger partial charge is 0.426 e. The third-order valence-electron chi connectivity index (χ3n) is 7.91. The quantitative estimate of drug-likeness (QED) is 0.343. The van der Waals surface area contributed by atoms with E-state index >= 15 is 0 Å². The molecule has 2 saturated heterocycles. The Labute approximate surface area is 214 Å². The van der Waals surface area contributed by atoms with Gasteiger partial charge in [-0.15, -0.1) is 0 Å². The average Bonchev–Trinajstić information content (AvgIpc) is 2.87. The Balaban J connectivity index is 1.36. The fraction of sp³-hybridized carbons (Fsp3) is 0.533. The number of carbonyl (C=O) groups is 2. The number of nitrogens with zero attached hydrogens (tertiary/aromatic N) is 1. The van der Waals surface area contributed by atoms with Crippen molar-refractivity contribution in [1.29, 1.82) is 0 Å². The molecule has 1 unspecified atom stereocenters. The Morgan fingerprint density at radius 1 is 1.11 bits per heavy atom. The number of esters is 2.